The van der Waals surface area contributed by atoms with Crippen molar-refractivity contribution in [3.8, 4) is 6.07 Å². The molecule has 4 nitrogen and oxygen atoms in total. The lowest BCUT2D eigenvalue weighted by Gasteiger charge is -2.24. The van der Waals surface area contributed by atoms with Crippen LogP contribution in [-0.4, -0.2) is 18.5 Å². The molecular weight excluding hydrogens is 238 g/mol. The summed E-state index contributed by atoms with van der Waals surface area (Å²) in [5.41, 5.74) is 1.34. The van der Waals surface area contributed by atoms with E-state index in [1.54, 1.807) is 18.2 Å². The molecule has 17 heavy (non-hydrogen) atoms. The number of hydrogen-bond donors (Lipinski definition) is 2. The van der Waals surface area contributed by atoms with Crippen molar-refractivity contribution in [1.29, 1.82) is 5.26 Å². The van der Waals surface area contributed by atoms with Crippen LogP contribution in [0.1, 0.15) is 18.4 Å². The minimum Gasteiger partial charge on any atom is -0.379 e. The van der Waals surface area contributed by atoms with Crippen LogP contribution in [0.3, 0.4) is 0 Å². The summed E-state index contributed by atoms with van der Waals surface area (Å²) in [6, 6.07) is 7.37. The molecule has 1 heterocycles. The van der Waals surface area contributed by atoms with Crippen LogP contribution < -0.4 is 10.6 Å². The van der Waals surface area contributed by atoms with Crippen LogP contribution in [-0.2, 0) is 4.79 Å². The topological polar surface area (TPSA) is 64.9 Å². The van der Waals surface area contributed by atoms with Crippen molar-refractivity contribution >= 4 is 23.2 Å². The van der Waals surface area contributed by atoms with E-state index >= 15 is 0 Å². The number of anilines is 1. The van der Waals surface area contributed by atoms with Gasteiger partial charge in [0.2, 0.25) is 5.91 Å². The fourth-order valence-corrected chi connectivity index (χ4v) is 2.01. The summed E-state index contributed by atoms with van der Waals surface area (Å²) in [5.74, 6) is 0.0916. The van der Waals surface area contributed by atoms with Gasteiger partial charge in [-0.1, -0.05) is 11.6 Å². The first-order chi connectivity index (χ1) is 8.19. The number of nitrogens with one attached hydrogen (secondary N) is 2. The van der Waals surface area contributed by atoms with Gasteiger partial charge < -0.3 is 10.6 Å². The monoisotopic (exact) mass is 249 g/mol. The number of halogens is 1. The second kappa shape index (κ2) is 5.07. The summed E-state index contributed by atoms with van der Waals surface area (Å²) in [4.78, 5) is 11.0. The van der Waals surface area contributed by atoms with Crippen LogP contribution in [0.4, 0.5) is 5.69 Å². The van der Waals surface area contributed by atoms with Crippen molar-refractivity contribution < 1.29 is 4.79 Å². The van der Waals surface area contributed by atoms with Crippen molar-refractivity contribution in [2.75, 3.05) is 11.9 Å². The molecule has 5 heteroatoms. The molecule has 1 unspecified atom stereocenters. The number of nitriles is 1. The lowest BCUT2D eigenvalue weighted by molar-refractivity contribution is -0.122. The maximum absolute atomic E-state index is 11.0. The van der Waals surface area contributed by atoms with Gasteiger partial charge in [0.15, 0.2) is 0 Å². The van der Waals surface area contributed by atoms with Crippen LogP contribution in [0.5, 0.6) is 0 Å². The van der Waals surface area contributed by atoms with E-state index in [2.05, 4.69) is 10.6 Å². The van der Waals surface area contributed by atoms with Gasteiger partial charge in [-0.05, 0) is 24.6 Å². The van der Waals surface area contributed by atoms with Crippen LogP contribution >= 0.6 is 11.6 Å². The third-order valence-corrected chi connectivity index (χ3v) is 3.04. The first kappa shape index (κ1) is 11.7. The standard InChI is InChI=1S/C12H12ClN3O/c13-10-5-8(6-14)1-3-11(10)16-9-2-4-12(17)15-7-9/h1,3,5,9,16H,2,4,7H2,(H,15,17). The van der Waals surface area contributed by atoms with Gasteiger partial charge in [0.05, 0.1) is 22.3 Å². The normalized spacial score (nSPS) is 19.3. The zero-order chi connectivity index (χ0) is 12.3. The van der Waals surface area contributed by atoms with Crippen molar-refractivity contribution in [3.63, 3.8) is 0 Å². The molecule has 0 radical (unpaired) electrons. The maximum atomic E-state index is 11.0. The average molecular weight is 250 g/mol. The SMILES string of the molecule is N#Cc1ccc(NC2CCC(=O)NC2)c(Cl)c1. The molecule has 1 aromatic rings. The summed E-state index contributed by atoms with van der Waals surface area (Å²) < 4.78 is 0. The molecule has 0 bridgehead atoms. The van der Waals surface area contributed by atoms with Gasteiger partial charge in [-0.3, -0.25) is 4.79 Å². The third kappa shape index (κ3) is 2.89. The predicted octanol–water partition coefficient (Wildman–Crippen LogP) is 1.90. The van der Waals surface area contributed by atoms with Gasteiger partial charge in [-0.2, -0.15) is 5.26 Å². The van der Waals surface area contributed by atoms with Crippen molar-refractivity contribution in [2.45, 2.75) is 18.9 Å². The number of hydrogen-bond acceptors (Lipinski definition) is 3. The van der Waals surface area contributed by atoms with Crippen LogP contribution in [0, 0.1) is 11.3 Å². The van der Waals surface area contributed by atoms with Crippen LogP contribution in [0.2, 0.25) is 5.02 Å². The summed E-state index contributed by atoms with van der Waals surface area (Å²) in [7, 11) is 0. The highest BCUT2D eigenvalue weighted by atomic mass is 35.5. The second-order valence-corrected chi connectivity index (χ2v) is 4.40. The predicted molar refractivity (Wildman–Crippen MR) is 65.8 cm³/mol. The molecule has 1 saturated heterocycles. The Hall–Kier alpha value is -1.73. The van der Waals surface area contributed by atoms with E-state index in [4.69, 9.17) is 16.9 Å². The summed E-state index contributed by atoms with van der Waals surface area (Å²) in [5, 5.41) is 15.3. The maximum Gasteiger partial charge on any atom is 0.220 e. The molecule has 1 aliphatic heterocycles. The molecule has 0 saturated carbocycles. The summed E-state index contributed by atoms with van der Waals surface area (Å²) in [6.45, 7) is 0.606. The highest BCUT2D eigenvalue weighted by Crippen LogP contribution is 2.24. The molecule has 1 fully saturated rings. The number of piperidine rings is 1. The number of rotatable bonds is 2. The molecule has 88 valence electrons. The third-order valence-electron chi connectivity index (χ3n) is 2.72. The molecular formula is C12H12ClN3O. The van der Waals surface area contributed by atoms with Crippen LogP contribution in [0.25, 0.3) is 0 Å². The van der Waals surface area contributed by atoms with Crippen molar-refractivity contribution in [2.24, 2.45) is 0 Å². The average Bonchev–Trinajstić information content (AvgIpc) is 2.34. The highest BCUT2D eigenvalue weighted by molar-refractivity contribution is 6.33. The fourth-order valence-electron chi connectivity index (χ4n) is 1.78. The fraction of sp³-hybridized carbons (Fsp3) is 0.333. The molecule has 1 amide bonds. The Kier molecular flexibility index (Phi) is 3.50. The molecule has 0 aromatic heterocycles. The van der Waals surface area contributed by atoms with Gasteiger partial charge >= 0.3 is 0 Å². The Morgan fingerprint density at radius 2 is 2.35 bits per heavy atom. The van der Waals surface area contributed by atoms with E-state index in [0.717, 1.165) is 12.1 Å². The first-order valence-electron chi connectivity index (χ1n) is 5.42. The number of carbonyl (C=O) groups is 1. The summed E-state index contributed by atoms with van der Waals surface area (Å²) in [6.07, 6.45) is 1.33. The molecule has 1 atom stereocenters. The highest BCUT2D eigenvalue weighted by Gasteiger charge is 2.18. The summed E-state index contributed by atoms with van der Waals surface area (Å²) >= 11 is 6.06. The number of carbonyl (C=O) groups excluding carboxylic acids is 1. The largest absolute Gasteiger partial charge is 0.379 e. The van der Waals surface area contributed by atoms with Gasteiger partial charge in [0, 0.05) is 19.0 Å². The van der Waals surface area contributed by atoms with Gasteiger partial charge in [0.25, 0.3) is 0 Å². The molecule has 0 aliphatic carbocycles. The Morgan fingerprint density at radius 3 is 2.94 bits per heavy atom. The molecule has 0 spiro atoms. The number of nitrogens with zero attached hydrogens (tertiary/aromatic N) is 1. The minimum absolute atomic E-state index is 0.0916. The zero-order valence-electron chi connectivity index (χ0n) is 9.16. The van der Waals surface area contributed by atoms with E-state index in [1.807, 2.05) is 6.07 Å². The van der Waals surface area contributed by atoms with E-state index in [1.165, 1.54) is 0 Å². The minimum atomic E-state index is 0.0916. The van der Waals surface area contributed by atoms with Gasteiger partial charge in [-0.15, -0.1) is 0 Å². The Morgan fingerprint density at radius 1 is 1.53 bits per heavy atom. The number of amides is 1. The molecule has 1 aromatic carbocycles. The Bertz CT molecular complexity index is 471. The Balaban J connectivity index is 2.04. The van der Waals surface area contributed by atoms with Crippen molar-refractivity contribution in [3.05, 3.63) is 28.8 Å². The lowest BCUT2D eigenvalue weighted by Crippen LogP contribution is -2.41. The molecule has 1 aliphatic rings. The smallest absolute Gasteiger partial charge is 0.220 e. The molecule has 2 rings (SSSR count). The zero-order valence-corrected chi connectivity index (χ0v) is 9.92. The molecule has 2 N–H and O–H groups in total. The van der Waals surface area contributed by atoms with Gasteiger partial charge in [0.1, 0.15) is 0 Å². The Labute approximate surface area is 105 Å². The number of benzene rings is 1. The van der Waals surface area contributed by atoms with E-state index in [9.17, 15) is 4.79 Å². The second-order valence-electron chi connectivity index (χ2n) is 3.99. The van der Waals surface area contributed by atoms with Crippen molar-refractivity contribution in [1.82, 2.24) is 5.32 Å². The quantitative estimate of drug-likeness (QED) is 0.841. The lowest BCUT2D eigenvalue weighted by atomic mass is 10.1. The van der Waals surface area contributed by atoms with E-state index < -0.39 is 0 Å². The van der Waals surface area contributed by atoms with Gasteiger partial charge in [-0.25, -0.2) is 0 Å². The van der Waals surface area contributed by atoms with E-state index in [0.29, 0.717) is 23.6 Å². The first-order valence-corrected chi connectivity index (χ1v) is 5.79. The van der Waals surface area contributed by atoms with Crippen LogP contribution in [0.15, 0.2) is 18.2 Å². The van der Waals surface area contributed by atoms with E-state index in [-0.39, 0.29) is 11.9 Å².